The van der Waals surface area contributed by atoms with Gasteiger partial charge in [0, 0.05) is 57.7 Å². The molecule has 2 aromatic heterocycles. The van der Waals surface area contributed by atoms with Crippen LogP contribution >= 0.6 is 0 Å². The zero-order valence-electron chi connectivity index (χ0n) is 22.4. The maximum absolute atomic E-state index is 13.6. The highest BCUT2D eigenvalue weighted by atomic mass is 16.5. The number of nitrogens with one attached hydrogen (secondary N) is 1. The van der Waals surface area contributed by atoms with Crippen molar-refractivity contribution in [1.82, 2.24) is 9.55 Å². The second-order valence-electron chi connectivity index (χ2n) is 10.1. The normalized spacial score (nSPS) is 17.0. The van der Waals surface area contributed by atoms with Crippen molar-refractivity contribution < 1.29 is 28.5 Å². The van der Waals surface area contributed by atoms with Gasteiger partial charge in [-0.15, -0.1) is 0 Å². The molecule has 204 valence electrons. The monoisotopic (exact) mass is 548 g/mol. The fraction of sp³-hybridized carbons (Fsp3) is 0.156. The molecule has 9 nitrogen and oxygen atoms in total. The molecule has 2 aliphatic rings. The van der Waals surface area contributed by atoms with E-state index in [9.17, 15) is 14.4 Å². The van der Waals surface area contributed by atoms with Crippen LogP contribution in [-0.2, 0) is 11.8 Å². The second kappa shape index (κ2) is 9.12. The second-order valence-corrected chi connectivity index (χ2v) is 10.1. The molecular weight excluding hydrogens is 524 g/mol. The lowest BCUT2D eigenvalue weighted by atomic mass is 9.85. The van der Waals surface area contributed by atoms with Gasteiger partial charge in [0.2, 0.25) is 5.78 Å². The first-order valence-corrected chi connectivity index (χ1v) is 13.0. The van der Waals surface area contributed by atoms with Gasteiger partial charge in [0.1, 0.15) is 23.0 Å². The van der Waals surface area contributed by atoms with Gasteiger partial charge in [0.15, 0.2) is 5.76 Å². The molecule has 7 rings (SSSR count). The van der Waals surface area contributed by atoms with Crippen molar-refractivity contribution in [2.75, 3.05) is 14.2 Å². The fourth-order valence-corrected chi connectivity index (χ4v) is 5.74. The summed E-state index contributed by atoms with van der Waals surface area (Å²) in [6.07, 6.45) is 3.54. The van der Waals surface area contributed by atoms with Crippen LogP contribution in [-0.4, -0.2) is 35.5 Å². The topological polar surface area (TPSA) is 109 Å². The Hall–Kier alpha value is -5.31. The number of hydrogen-bond donors (Lipinski definition) is 1. The van der Waals surface area contributed by atoms with E-state index in [2.05, 4.69) is 4.98 Å². The van der Waals surface area contributed by atoms with Gasteiger partial charge in [-0.1, -0.05) is 0 Å². The van der Waals surface area contributed by atoms with E-state index >= 15 is 0 Å². The van der Waals surface area contributed by atoms with Gasteiger partial charge in [-0.2, -0.15) is 0 Å². The molecule has 2 aliphatic heterocycles. The number of nitrogens with zero attached hydrogens (tertiary/aromatic N) is 1. The van der Waals surface area contributed by atoms with Crippen molar-refractivity contribution >= 4 is 39.6 Å². The number of aromatic nitrogens is 2. The van der Waals surface area contributed by atoms with E-state index in [1.165, 1.54) is 0 Å². The quantitative estimate of drug-likeness (QED) is 0.189. The molecule has 1 N–H and O–H groups in total. The van der Waals surface area contributed by atoms with E-state index in [-0.39, 0.29) is 29.3 Å². The molecular formula is C32H24N2O7. The van der Waals surface area contributed by atoms with E-state index < -0.39 is 11.9 Å². The summed E-state index contributed by atoms with van der Waals surface area (Å²) < 4.78 is 24.5. The van der Waals surface area contributed by atoms with Crippen LogP contribution < -0.4 is 24.5 Å². The number of esters is 1. The summed E-state index contributed by atoms with van der Waals surface area (Å²) in [6.45, 7) is 0. The number of fused-ring (bicyclic) bond motifs is 5. The standard InChI is InChI=1S/C32H24N2O7/c1-34-15-17(21-13-19(39-3)5-8-25(21)34)12-27-30(36)20-6-9-26-29(31(20)41-27)22(14-28(35)40-26)23-11-16-10-18(38-2)4-7-24(16)33-32(23)37/h4-13,15,22H,14H2,1-3H3,(H,33,37)/b27-12-/t22-/m0/s1. The van der Waals surface area contributed by atoms with Gasteiger partial charge in [0.05, 0.1) is 26.2 Å². The largest absolute Gasteiger partial charge is 0.497 e. The zero-order chi connectivity index (χ0) is 28.4. The minimum Gasteiger partial charge on any atom is -0.497 e. The molecule has 5 aromatic rings. The maximum atomic E-state index is 13.6. The van der Waals surface area contributed by atoms with Crippen LogP contribution in [0.1, 0.15) is 39.4 Å². The number of pyridine rings is 1. The molecule has 0 amide bonds. The van der Waals surface area contributed by atoms with Crippen LogP contribution in [0.25, 0.3) is 27.9 Å². The summed E-state index contributed by atoms with van der Waals surface area (Å²) in [7, 11) is 5.10. The summed E-state index contributed by atoms with van der Waals surface area (Å²) in [5.74, 6) is 0.564. The molecule has 0 aliphatic carbocycles. The van der Waals surface area contributed by atoms with Crippen molar-refractivity contribution in [2.45, 2.75) is 12.3 Å². The number of hydrogen-bond acceptors (Lipinski definition) is 7. The van der Waals surface area contributed by atoms with E-state index in [4.69, 9.17) is 18.9 Å². The Labute approximate surface area is 233 Å². The highest BCUT2D eigenvalue weighted by molar-refractivity contribution is 6.16. The highest BCUT2D eigenvalue weighted by Gasteiger charge is 2.39. The molecule has 0 bridgehead atoms. The predicted molar refractivity (Wildman–Crippen MR) is 152 cm³/mol. The SMILES string of the molecule is COc1ccc2[nH]c(=O)c([C@@H]3CC(=O)Oc4ccc5c(c43)O/C(=C\c3cn(C)c4ccc(OC)cc34)C5=O)cc2c1. The van der Waals surface area contributed by atoms with Crippen molar-refractivity contribution in [1.29, 1.82) is 0 Å². The molecule has 0 spiro atoms. The summed E-state index contributed by atoms with van der Waals surface area (Å²) >= 11 is 0. The third-order valence-electron chi connectivity index (χ3n) is 7.75. The van der Waals surface area contributed by atoms with Crippen LogP contribution in [0.3, 0.4) is 0 Å². The third-order valence-corrected chi connectivity index (χ3v) is 7.75. The van der Waals surface area contributed by atoms with Gasteiger partial charge in [-0.05, 0) is 60.7 Å². The molecule has 3 aromatic carbocycles. The summed E-state index contributed by atoms with van der Waals surface area (Å²) in [5, 5.41) is 1.65. The van der Waals surface area contributed by atoms with E-state index in [1.807, 2.05) is 42.1 Å². The van der Waals surface area contributed by atoms with E-state index in [0.29, 0.717) is 39.5 Å². The number of ether oxygens (including phenoxy) is 4. The molecule has 0 saturated heterocycles. The van der Waals surface area contributed by atoms with Crippen LogP contribution in [0.15, 0.2) is 71.3 Å². The molecule has 41 heavy (non-hydrogen) atoms. The number of rotatable bonds is 4. The average molecular weight is 549 g/mol. The number of methoxy groups -OCH3 is 2. The first-order valence-electron chi connectivity index (χ1n) is 13.0. The van der Waals surface area contributed by atoms with E-state index in [0.717, 1.165) is 21.9 Å². The van der Waals surface area contributed by atoms with Crippen molar-refractivity contribution in [3.05, 3.63) is 99.2 Å². The number of aryl methyl sites for hydroxylation is 1. The fourth-order valence-electron chi connectivity index (χ4n) is 5.74. The number of H-pyrrole nitrogens is 1. The Morgan fingerprint density at radius 2 is 1.73 bits per heavy atom. The Morgan fingerprint density at radius 1 is 0.951 bits per heavy atom. The van der Waals surface area contributed by atoms with Gasteiger partial charge in [0.25, 0.3) is 5.56 Å². The number of aromatic amines is 1. The van der Waals surface area contributed by atoms with Crippen LogP contribution in [0.5, 0.6) is 23.0 Å². The number of Topliss-reactive ketones (excluding diaryl/α,β-unsaturated/α-hetero) is 1. The van der Waals surface area contributed by atoms with Crippen LogP contribution in [0.2, 0.25) is 0 Å². The maximum Gasteiger partial charge on any atom is 0.312 e. The first-order chi connectivity index (χ1) is 19.8. The number of carbonyl (C=O) groups excluding carboxylic acids is 2. The van der Waals surface area contributed by atoms with Gasteiger partial charge in [-0.3, -0.25) is 14.4 Å². The van der Waals surface area contributed by atoms with Gasteiger partial charge < -0.3 is 28.5 Å². The molecule has 0 fully saturated rings. The van der Waals surface area contributed by atoms with Gasteiger partial charge >= 0.3 is 5.97 Å². The van der Waals surface area contributed by atoms with Crippen molar-refractivity contribution in [3.8, 4) is 23.0 Å². The summed E-state index contributed by atoms with van der Waals surface area (Å²) in [4.78, 5) is 42.4. The molecule has 0 unspecified atom stereocenters. The lowest BCUT2D eigenvalue weighted by Crippen LogP contribution is -2.26. The molecule has 9 heteroatoms. The smallest absolute Gasteiger partial charge is 0.312 e. The predicted octanol–water partition coefficient (Wildman–Crippen LogP) is 5.09. The van der Waals surface area contributed by atoms with Crippen LogP contribution in [0, 0.1) is 0 Å². The lowest BCUT2D eigenvalue weighted by molar-refractivity contribution is -0.135. The third kappa shape index (κ3) is 3.88. The Bertz CT molecular complexity index is 2030. The average Bonchev–Trinajstić information content (AvgIpc) is 3.46. The molecule has 4 heterocycles. The molecule has 0 saturated carbocycles. The Kier molecular flexibility index (Phi) is 5.50. The zero-order valence-corrected chi connectivity index (χ0v) is 22.4. The van der Waals surface area contributed by atoms with Crippen molar-refractivity contribution in [3.63, 3.8) is 0 Å². The first kappa shape index (κ1) is 24.7. The van der Waals surface area contributed by atoms with Crippen molar-refractivity contribution in [2.24, 2.45) is 7.05 Å². The minimum absolute atomic E-state index is 0.0816. The lowest BCUT2D eigenvalue weighted by Gasteiger charge is -2.26. The summed E-state index contributed by atoms with van der Waals surface area (Å²) in [5.41, 5.74) is 3.26. The molecule has 1 atom stereocenters. The number of allylic oxidation sites excluding steroid dienone is 1. The Balaban J connectivity index is 1.36. The number of benzene rings is 3. The molecule has 0 radical (unpaired) electrons. The Morgan fingerprint density at radius 3 is 2.54 bits per heavy atom. The van der Waals surface area contributed by atoms with Crippen LogP contribution in [0.4, 0.5) is 0 Å². The number of carbonyl (C=O) groups is 2. The van der Waals surface area contributed by atoms with Gasteiger partial charge in [-0.25, -0.2) is 0 Å². The summed E-state index contributed by atoms with van der Waals surface area (Å²) in [6, 6.07) is 16.0. The minimum atomic E-state index is -0.686. The van der Waals surface area contributed by atoms with E-state index in [1.54, 1.807) is 50.6 Å². The highest BCUT2D eigenvalue weighted by Crippen LogP contribution is 2.48. The number of ketones is 1.